The summed E-state index contributed by atoms with van der Waals surface area (Å²) in [6, 6.07) is 20.2. The van der Waals surface area contributed by atoms with E-state index in [-0.39, 0.29) is 23.6 Å². The fraction of sp³-hybridized carbons (Fsp3) is 0.200. The van der Waals surface area contributed by atoms with Crippen LogP contribution in [0.25, 0.3) is 6.08 Å². The molecule has 0 saturated heterocycles. The molecule has 1 aromatic heterocycles. The van der Waals surface area contributed by atoms with Gasteiger partial charge in [0.15, 0.2) is 0 Å². The molecule has 0 aliphatic carbocycles. The van der Waals surface area contributed by atoms with Crippen molar-refractivity contribution in [1.29, 1.82) is 0 Å². The average Bonchev–Trinajstić information content (AvgIpc) is 3.26. The first-order chi connectivity index (χ1) is 14.9. The molecule has 0 bridgehead atoms. The van der Waals surface area contributed by atoms with Crippen molar-refractivity contribution >= 4 is 29.2 Å². The fourth-order valence-electron chi connectivity index (χ4n) is 3.63. The van der Waals surface area contributed by atoms with E-state index in [9.17, 15) is 9.59 Å². The predicted molar refractivity (Wildman–Crippen MR) is 123 cm³/mol. The minimum absolute atomic E-state index is 0.207. The molecular formula is C25H24N2O3S. The zero-order chi connectivity index (χ0) is 21.8. The van der Waals surface area contributed by atoms with Crippen molar-refractivity contribution in [3.05, 3.63) is 93.8 Å². The molecule has 2 heterocycles. The van der Waals surface area contributed by atoms with E-state index in [0.717, 1.165) is 16.2 Å². The lowest BCUT2D eigenvalue weighted by Gasteiger charge is -2.38. The normalized spacial score (nSPS) is 17.2. The number of nitrogens with one attached hydrogen (secondary N) is 2. The summed E-state index contributed by atoms with van der Waals surface area (Å²) in [5, 5.41) is 7.82. The smallest absolute Gasteiger partial charge is 0.268 e. The number of benzene rings is 2. The van der Waals surface area contributed by atoms with Gasteiger partial charge in [0.1, 0.15) is 17.0 Å². The van der Waals surface area contributed by atoms with Gasteiger partial charge < -0.3 is 15.4 Å². The molecule has 6 heteroatoms. The number of hydrogen-bond donors (Lipinski definition) is 2. The second kappa shape index (κ2) is 8.78. The lowest BCUT2D eigenvalue weighted by atomic mass is 9.89. The molecule has 1 atom stereocenters. The molecule has 0 fully saturated rings. The summed E-state index contributed by atoms with van der Waals surface area (Å²) < 4.78 is 6.07. The SMILES string of the molecule is CC1(C)C[C@@H](NC(=O)/C(=C/c2cccs2)NC(=O)c2ccccc2)c2ccccc2O1. The third-order valence-corrected chi connectivity index (χ3v) is 5.86. The predicted octanol–water partition coefficient (Wildman–Crippen LogP) is 4.94. The Bertz CT molecular complexity index is 1100. The zero-order valence-corrected chi connectivity index (χ0v) is 18.2. The number of hydrogen-bond acceptors (Lipinski definition) is 4. The number of rotatable bonds is 5. The van der Waals surface area contributed by atoms with Crippen molar-refractivity contribution in [2.45, 2.75) is 31.9 Å². The van der Waals surface area contributed by atoms with Crippen LogP contribution in [0.1, 0.15) is 47.1 Å². The van der Waals surface area contributed by atoms with Crippen molar-refractivity contribution in [3.8, 4) is 5.75 Å². The van der Waals surface area contributed by atoms with Crippen LogP contribution in [0, 0.1) is 0 Å². The van der Waals surface area contributed by atoms with Gasteiger partial charge in [-0.2, -0.15) is 0 Å². The number of fused-ring (bicyclic) bond motifs is 1. The van der Waals surface area contributed by atoms with Gasteiger partial charge in [-0.3, -0.25) is 9.59 Å². The molecule has 1 aliphatic rings. The van der Waals surface area contributed by atoms with E-state index in [4.69, 9.17) is 4.74 Å². The molecule has 0 unspecified atom stereocenters. The summed E-state index contributed by atoms with van der Waals surface area (Å²) in [4.78, 5) is 26.9. The number of ether oxygens (including phenoxy) is 1. The highest BCUT2D eigenvalue weighted by atomic mass is 32.1. The second-order valence-corrected chi connectivity index (χ2v) is 9.00. The molecule has 31 heavy (non-hydrogen) atoms. The fourth-order valence-corrected chi connectivity index (χ4v) is 4.28. The van der Waals surface area contributed by atoms with Gasteiger partial charge in [0.05, 0.1) is 6.04 Å². The van der Waals surface area contributed by atoms with Crippen LogP contribution in [-0.2, 0) is 4.79 Å². The van der Waals surface area contributed by atoms with Gasteiger partial charge in [-0.15, -0.1) is 11.3 Å². The van der Waals surface area contributed by atoms with Gasteiger partial charge in [0.25, 0.3) is 11.8 Å². The van der Waals surface area contributed by atoms with Crippen molar-refractivity contribution in [2.75, 3.05) is 0 Å². The number of amides is 2. The topological polar surface area (TPSA) is 67.4 Å². The van der Waals surface area contributed by atoms with Crippen molar-refractivity contribution < 1.29 is 14.3 Å². The lowest BCUT2D eigenvalue weighted by molar-refractivity contribution is -0.119. The number of para-hydroxylation sites is 1. The average molecular weight is 433 g/mol. The van der Waals surface area contributed by atoms with E-state index < -0.39 is 5.60 Å². The summed E-state index contributed by atoms with van der Waals surface area (Å²) in [7, 11) is 0. The summed E-state index contributed by atoms with van der Waals surface area (Å²) >= 11 is 1.50. The van der Waals surface area contributed by atoms with Crippen LogP contribution in [0.15, 0.2) is 77.8 Å². The molecule has 0 radical (unpaired) electrons. The number of carbonyl (C=O) groups is 2. The Balaban J connectivity index is 1.60. The standard InChI is InChI=1S/C25H24N2O3S/c1-25(2)16-21(19-12-6-7-13-22(19)30-25)27-24(29)20(15-18-11-8-14-31-18)26-23(28)17-9-4-3-5-10-17/h3-15,21H,16H2,1-2H3,(H,26,28)(H,27,29)/b20-15-/t21-/m1/s1. The van der Waals surface area contributed by atoms with Crippen LogP contribution < -0.4 is 15.4 Å². The van der Waals surface area contributed by atoms with Gasteiger partial charge >= 0.3 is 0 Å². The van der Waals surface area contributed by atoms with E-state index in [1.807, 2.05) is 61.7 Å². The Morgan fingerprint density at radius 3 is 2.52 bits per heavy atom. The van der Waals surface area contributed by atoms with Crippen LogP contribution in [0.4, 0.5) is 0 Å². The Morgan fingerprint density at radius 1 is 1.03 bits per heavy atom. The zero-order valence-electron chi connectivity index (χ0n) is 17.4. The maximum Gasteiger partial charge on any atom is 0.268 e. The number of carbonyl (C=O) groups excluding carboxylic acids is 2. The van der Waals surface area contributed by atoms with Crippen molar-refractivity contribution in [2.24, 2.45) is 0 Å². The van der Waals surface area contributed by atoms with Gasteiger partial charge in [0.2, 0.25) is 0 Å². The van der Waals surface area contributed by atoms with Crippen LogP contribution >= 0.6 is 11.3 Å². The summed E-state index contributed by atoms with van der Waals surface area (Å²) in [5.74, 6) is 0.0996. The highest BCUT2D eigenvalue weighted by Gasteiger charge is 2.34. The first-order valence-electron chi connectivity index (χ1n) is 10.1. The highest BCUT2D eigenvalue weighted by molar-refractivity contribution is 7.10. The summed E-state index contributed by atoms with van der Waals surface area (Å²) in [6.07, 6.45) is 2.33. The largest absolute Gasteiger partial charge is 0.487 e. The Morgan fingerprint density at radius 2 is 1.77 bits per heavy atom. The number of thiophene rings is 1. The molecule has 1 aliphatic heterocycles. The maximum absolute atomic E-state index is 13.3. The first kappa shape index (κ1) is 20.9. The maximum atomic E-state index is 13.3. The van der Waals surface area contributed by atoms with E-state index in [1.165, 1.54) is 11.3 Å². The van der Waals surface area contributed by atoms with Crippen LogP contribution in [0.3, 0.4) is 0 Å². The van der Waals surface area contributed by atoms with Gasteiger partial charge in [-0.25, -0.2) is 0 Å². The first-order valence-corrected chi connectivity index (χ1v) is 11.0. The van der Waals surface area contributed by atoms with Gasteiger partial charge in [-0.05, 0) is 49.6 Å². The molecule has 3 aromatic rings. The third-order valence-electron chi connectivity index (χ3n) is 5.04. The molecular weight excluding hydrogens is 408 g/mol. The Kier molecular flexibility index (Phi) is 5.91. The Labute approximate surface area is 185 Å². The van der Waals surface area contributed by atoms with E-state index in [1.54, 1.807) is 30.3 Å². The molecule has 2 N–H and O–H groups in total. The quantitative estimate of drug-likeness (QED) is 0.562. The molecule has 158 valence electrons. The van der Waals surface area contributed by atoms with Crippen molar-refractivity contribution in [1.82, 2.24) is 10.6 Å². The molecule has 2 amide bonds. The second-order valence-electron chi connectivity index (χ2n) is 8.02. The molecule has 5 nitrogen and oxygen atoms in total. The molecule has 4 rings (SSSR count). The molecule has 2 aromatic carbocycles. The molecule has 0 saturated carbocycles. The van der Waals surface area contributed by atoms with Crippen LogP contribution in [-0.4, -0.2) is 17.4 Å². The lowest BCUT2D eigenvalue weighted by Crippen LogP contribution is -2.43. The van der Waals surface area contributed by atoms with Gasteiger partial charge in [-0.1, -0.05) is 42.5 Å². The van der Waals surface area contributed by atoms with Crippen molar-refractivity contribution in [3.63, 3.8) is 0 Å². The van der Waals surface area contributed by atoms with E-state index >= 15 is 0 Å². The van der Waals surface area contributed by atoms with E-state index in [0.29, 0.717) is 12.0 Å². The van der Waals surface area contributed by atoms with Crippen LogP contribution in [0.5, 0.6) is 5.75 Å². The monoisotopic (exact) mass is 432 g/mol. The highest BCUT2D eigenvalue weighted by Crippen LogP contribution is 2.39. The third kappa shape index (κ3) is 5.03. The van der Waals surface area contributed by atoms with Crippen LogP contribution in [0.2, 0.25) is 0 Å². The summed E-state index contributed by atoms with van der Waals surface area (Å²) in [6.45, 7) is 4.00. The summed E-state index contributed by atoms with van der Waals surface area (Å²) in [5.41, 5.74) is 1.21. The Hall–Kier alpha value is -3.38. The molecule has 0 spiro atoms. The minimum Gasteiger partial charge on any atom is -0.487 e. The minimum atomic E-state index is -0.419. The van der Waals surface area contributed by atoms with Gasteiger partial charge in [0, 0.05) is 22.4 Å². The van der Waals surface area contributed by atoms with E-state index in [2.05, 4.69) is 10.6 Å².